The summed E-state index contributed by atoms with van der Waals surface area (Å²) in [6.45, 7) is 5.50. The molecule has 1 aliphatic heterocycles. The van der Waals surface area contributed by atoms with E-state index in [1.807, 2.05) is 42.0 Å². The van der Waals surface area contributed by atoms with Gasteiger partial charge in [-0.25, -0.2) is 9.97 Å². The summed E-state index contributed by atoms with van der Waals surface area (Å²) in [6.07, 6.45) is 5.46. The highest BCUT2D eigenvalue weighted by molar-refractivity contribution is 5.64. The molecule has 4 aromatic rings. The van der Waals surface area contributed by atoms with Crippen molar-refractivity contribution >= 4 is 17.5 Å². The topological polar surface area (TPSA) is 77.3 Å². The maximum absolute atomic E-state index is 5.83. The normalized spacial score (nSPS) is 13.7. The maximum atomic E-state index is 5.83. The molecule has 0 spiro atoms. The molecule has 1 unspecified atom stereocenters. The monoisotopic (exact) mass is 444 g/mol. The van der Waals surface area contributed by atoms with E-state index in [2.05, 4.69) is 51.4 Å². The first-order valence-electron chi connectivity index (χ1n) is 10.9. The van der Waals surface area contributed by atoms with Gasteiger partial charge in [-0.05, 0) is 31.5 Å². The zero-order valence-electron chi connectivity index (χ0n) is 18.9. The zero-order valence-corrected chi connectivity index (χ0v) is 18.9. The SMILES string of the molecule is COc1cc(Nc2ncc3c(n2)N(C(C)c2ccccc2)CCO3)ccc1-n1cnc(C)c1.[HH]. The van der Waals surface area contributed by atoms with E-state index in [1.54, 1.807) is 19.6 Å². The molecule has 0 saturated heterocycles. The Morgan fingerprint density at radius 3 is 2.76 bits per heavy atom. The Hall–Kier alpha value is -4.07. The van der Waals surface area contributed by atoms with Gasteiger partial charge in [0.05, 0.1) is 43.6 Å². The quantitative estimate of drug-likeness (QED) is 0.452. The molecule has 8 heteroatoms. The third-order valence-electron chi connectivity index (χ3n) is 5.77. The van der Waals surface area contributed by atoms with Crippen molar-refractivity contribution in [2.45, 2.75) is 19.9 Å². The first-order chi connectivity index (χ1) is 16.1. The van der Waals surface area contributed by atoms with E-state index >= 15 is 0 Å². The summed E-state index contributed by atoms with van der Waals surface area (Å²) in [4.78, 5) is 15.8. The summed E-state index contributed by atoms with van der Waals surface area (Å²) < 4.78 is 13.4. The van der Waals surface area contributed by atoms with E-state index in [4.69, 9.17) is 14.5 Å². The maximum Gasteiger partial charge on any atom is 0.229 e. The minimum absolute atomic E-state index is 0. The van der Waals surface area contributed by atoms with Crippen molar-refractivity contribution in [3.8, 4) is 17.2 Å². The number of fused-ring (bicyclic) bond motifs is 1. The highest BCUT2D eigenvalue weighted by Gasteiger charge is 2.26. The molecule has 0 aliphatic carbocycles. The summed E-state index contributed by atoms with van der Waals surface area (Å²) in [6, 6.07) is 16.4. The molecule has 1 atom stereocenters. The van der Waals surface area contributed by atoms with Gasteiger partial charge in [0.15, 0.2) is 11.6 Å². The predicted molar refractivity (Wildman–Crippen MR) is 130 cm³/mol. The third kappa shape index (κ3) is 4.19. The van der Waals surface area contributed by atoms with Gasteiger partial charge < -0.3 is 24.3 Å². The molecule has 0 amide bonds. The largest absolute Gasteiger partial charge is 0.494 e. The third-order valence-corrected chi connectivity index (χ3v) is 5.77. The van der Waals surface area contributed by atoms with E-state index < -0.39 is 0 Å². The summed E-state index contributed by atoms with van der Waals surface area (Å²) in [5, 5.41) is 3.30. The van der Waals surface area contributed by atoms with Crippen molar-refractivity contribution in [2.24, 2.45) is 0 Å². The molecule has 0 fully saturated rings. The van der Waals surface area contributed by atoms with Gasteiger partial charge in [0.25, 0.3) is 0 Å². The minimum Gasteiger partial charge on any atom is -0.494 e. The van der Waals surface area contributed by atoms with Crippen LogP contribution in [0.5, 0.6) is 11.5 Å². The number of nitrogens with one attached hydrogen (secondary N) is 1. The molecular formula is C25H28N6O2. The molecular weight excluding hydrogens is 416 g/mol. The van der Waals surface area contributed by atoms with Gasteiger partial charge in [-0.2, -0.15) is 4.98 Å². The smallest absolute Gasteiger partial charge is 0.229 e. The molecule has 0 saturated carbocycles. The van der Waals surface area contributed by atoms with Crippen molar-refractivity contribution in [3.05, 3.63) is 78.5 Å². The number of aryl methyl sites for hydroxylation is 1. The second-order valence-corrected chi connectivity index (χ2v) is 7.94. The predicted octanol–water partition coefficient (Wildman–Crippen LogP) is 4.93. The second kappa shape index (κ2) is 8.82. The number of hydrogen-bond acceptors (Lipinski definition) is 7. The summed E-state index contributed by atoms with van der Waals surface area (Å²) in [7, 11) is 1.65. The summed E-state index contributed by atoms with van der Waals surface area (Å²) in [5.41, 5.74) is 3.91. The van der Waals surface area contributed by atoms with E-state index in [0.29, 0.717) is 18.3 Å². The molecule has 2 aromatic carbocycles. The van der Waals surface area contributed by atoms with Crippen LogP contribution in [0.3, 0.4) is 0 Å². The van der Waals surface area contributed by atoms with Gasteiger partial charge in [-0.15, -0.1) is 0 Å². The Morgan fingerprint density at radius 2 is 2.00 bits per heavy atom. The number of imidazole rings is 1. The Kier molecular flexibility index (Phi) is 5.56. The van der Waals surface area contributed by atoms with Crippen molar-refractivity contribution in [3.63, 3.8) is 0 Å². The molecule has 0 bridgehead atoms. The fraction of sp³-hybridized carbons (Fsp3) is 0.240. The van der Waals surface area contributed by atoms with Gasteiger partial charge in [0.1, 0.15) is 12.4 Å². The average molecular weight is 445 g/mol. The van der Waals surface area contributed by atoms with Gasteiger partial charge in [0, 0.05) is 19.4 Å². The lowest BCUT2D eigenvalue weighted by Gasteiger charge is -2.35. The van der Waals surface area contributed by atoms with Crippen molar-refractivity contribution in [1.29, 1.82) is 0 Å². The summed E-state index contributed by atoms with van der Waals surface area (Å²) in [5.74, 6) is 2.70. The molecule has 1 N–H and O–H groups in total. The first kappa shape index (κ1) is 20.8. The number of benzene rings is 2. The fourth-order valence-corrected chi connectivity index (χ4v) is 4.03. The van der Waals surface area contributed by atoms with Crippen LogP contribution in [0.25, 0.3) is 5.69 Å². The van der Waals surface area contributed by atoms with Crippen LogP contribution in [-0.4, -0.2) is 39.8 Å². The number of nitrogens with zero attached hydrogens (tertiary/aromatic N) is 5. The molecule has 0 radical (unpaired) electrons. The fourth-order valence-electron chi connectivity index (χ4n) is 4.03. The molecule has 3 heterocycles. The molecule has 8 nitrogen and oxygen atoms in total. The number of aromatic nitrogens is 4. The number of anilines is 3. The lowest BCUT2D eigenvalue weighted by Crippen LogP contribution is -2.35. The van der Waals surface area contributed by atoms with Crippen LogP contribution in [-0.2, 0) is 0 Å². The standard InChI is InChI=1S/C25H26N6O2.H2/c1-17-15-30(16-27-17)21-10-9-20(13-22(21)32-3)28-25-26-14-23-24(29-25)31(11-12-33-23)18(2)19-7-5-4-6-8-19;/h4-10,13-16,18H,11-12H2,1-3H3,(H,26,28,29);1H. The van der Waals surface area contributed by atoms with Gasteiger partial charge in [0.2, 0.25) is 5.95 Å². The zero-order chi connectivity index (χ0) is 22.8. The van der Waals surface area contributed by atoms with Crippen LogP contribution < -0.4 is 19.7 Å². The molecule has 1 aliphatic rings. The Labute approximate surface area is 194 Å². The van der Waals surface area contributed by atoms with E-state index in [-0.39, 0.29) is 7.47 Å². The van der Waals surface area contributed by atoms with Crippen LogP contribution in [0.4, 0.5) is 17.5 Å². The number of hydrogen-bond donors (Lipinski definition) is 1. The Morgan fingerprint density at radius 1 is 1.15 bits per heavy atom. The van der Waals surface area contributed by atoms with E-state index in [0.717, 1.165) is 35.2 Å². The number of methoxy groups -OCH3 is 1. The van der Waals surface area contributed by atoms with Crippen molar-refractivity contribution < 1.29 is 10.9 Å². The average Bonchev–Trinajstić information content (AvgIpc) is 3.29. The van der Waals surface area contributed by atoms with Gasteiger partial charge >= 0.3 is 0 Å². The van der Waals surface area contributed by atoms with E-state index in [1.165, 1.54) is 5.56 Å². The lowest BCUT2D eigenvalue weighted by atomic mass is 10.1. The van der Waals surface area contributed by atoms with Crippen LogP contribution >= 0.6 is 0 Å². The van der Waals surface area contributed by atoms with Crippen molar-refractivity contribution in [2.75, 3.05) is 30.5 Å². The summed E-state index contributed by atoms with van der Waals surface area (Å²) >= 11 is 0. The number of ether oxygens (including phenoxy) is 2. The van der Waals surface area contributed by atoms with Crippen LogP contribution in [0.1, 0.15) is 25.6 Å². The van der Waals surface area contributed by atoms with E-state index in [9.17, 15) is 0 Å². The second-order valence-electron chi connectivity index (χ2n) is 7.94. The van der Waals surface area contributed by atoms with Crippen molar-refractivity contribution in [1.82, 2.24) is 19.5 Å². The minimum atomic E-state index is 0. The molecule has 170 valence electrons. The number of rotatable bonds is 6. The highest BCUT2D eigenvalue weighted by atomic mass is 16.5. The van der Waals surface area contributed by atoms with Crippen LogP contribution in [0, 0.1) is 6.92 Å². The Bertz CT molecular complexity index is 1260. The molecule has 5 rings (SSSR count). The van der Waals surface area contributed by atoms with Gasteiger partial charge in [-0.1, -0.05) is 30.3 Å². The van der Waals surface area contributed by atoms with Crippen LogP contribution in [0.2, 0.25) is 0 Å². The lowest BCUT2D eigenvalue weighted by molar-refractivity contribution is 0.298. The highest BCUT2D eigenvalue weighted by Crippen LogP contribution is 2.36. The Balaban J connectivity index is 0.00000274. The molecule has 2 aromatic heterocycles. The van der Waals surface area contributed by atoms with Crippen LogP contribution in [0.15, 0.2) is 67.3 Å². The molecule has 33 heavy (non-hydrogen) atoms. The van der Waals surface area contributed by atoms with Gasteiger partial charge in [-0.3, -0.25) is 0 Å². The first-order valence-corrected chi connectivity index (χ1v) is 10.9.